The molecule has 4 rings (SSSR count). The Morgan fingerprint density at radius 2 is 1.77 bits per heavy atom. The molecule has 1 aliphatic heterocycles. The van der Waals surface area contributed by atoms with Gasteiger partial charge < -0.3 is 24.8 Å². The molecule has 2 fully saturated rings. The van der Waals surface area contributed by atoms with Crippen molar-refractivity contribution in [2.45, 2.75) is 25.8 Å². The number of imidazole rings is 1. The average Bonchev–Trinajstić information content (AvgIpc) is 3.44. The topological polar surface area (TPSA) is 95.2 Å². The van der Waals surface area contributed by atoms with Crippen LogP contribution in [0.15, 0.2) is 30.7 Å². The summed E-state index contributed by atoms with van der Waals surface area (Å²) in [4.78, 5) is 37.0. The molecule has 1 aromatic heterocycles. The molecule has 2 aromatic rings. The van der Waals surface area contributed by atoms with Crippen LogP contribution in [-0.4, -0.2) is 60.5 Å². The largest absolute Gasteiger partial charge is 0.349 e. The first-order chi connectivity index (χ1) is 14.4. The van der Waals surface area contributed by atoms with Crippen LogP contribution in [0.2, 0.25) is 0 Å². The molecule has 2 aliphatic rings. The van der Waals surface area contributed by atoms with Gasteiger partial charge >= 0.3 is 0 Å². The van der Waals surface area contributed by atoms with E-state index in [1.54, 1.807) is 12.5 Å². The number of H-pyrrole nitrogens is 1. The Balaban J connectivity index is 0.000000378. The molecule has 1 amide bonds. The molecule has 3 atom stereocenters. The highest BCUT2D eigenvalue weighted by Gasteiger charge is 2.42. The summed E-state index contributed by atoms with van der Waals surface area (Å²) in [6.07, 6.45) is 5.50. The fraction of sp³-hybridized carbons (Fsp3) is 0.429. The van der Waals surface area contributed by atoms with Crippen LogP contribution >= 0.6 is 0 Å². The lowest BCUT2D eigenvalue weighted by atomic mass is 9.97. The van der Waals surface area contributed by atoms with Gasteiger partial charge in [0, 0.05) is 42.7 Å². The summed E-state index contributed by atoms with van der Waals surface area (Å²) in [6.45, 7) is 8.02. The van der Waals surface area contributed by atoms with E-state index in [9.17, 15) is 13.6 Å². The number of likely N-dealkylation sites (tertiary alicyclic amines) is 1. The predicted molar refractivity (Wildman–Crippen MR) is 109 cm³/mol. The summed E-state index contributed by atoms with van der Waals surface area (Å²) in [6, 6.07) is 3.04. The molecule has 164 valence electrons. The number of nitrogens with one attached hydrogen (secondary N) is 2. The third-order valence-corrected chi connectivity index (χ3v) is 5.12. The number of aryl methyl sites for hydroxylation is 1. The Kier molecular flexibility index (Phi) is 10.5. The molecule has 2 N–H and O–H groups in total. The van der Waals surface area contributed by atoms with E-state index in [-0.39, 0.29) is 17.5 Å². The van der Waals surface area contributed by atoms with Gasteiger partial charge in [0.25, 0.3) is 5.91 Å². The molecule has 1 aromatic carbocycles. The van der Waals surface area contributed by atoms with Crippen molar-refractivity contribution < 1.29 is 23.2 Å². The Hall–Kier alpha value is -2.94. The number of carbonyl (C=O) groups excluding carboxylic acids is 3. The van der Waals surface area contributed by atoms with E-state index in [2.05, 4.69) is 27.2 Å². The minimum absolute atomic E-state index is 0.0531. The maximum Gasteiger partial charge on any atom is 0.251 e. The van der Waals surface area contributed by atoms with Crippen molar-refractivity contribution in [2.24, 2.45) is 11.8 Å². The fourth-order valence-electron chi connectivity index (χ4n) is 3.93. The summed E-state index contributed by atoms with van der Waals surface area (Å²) in [5, 5.41) is 2.94. The van der Waals surface area contributed by atoms with Crippen LogP contribution in [0.1, 0.15) is 28.9 Å². The Morgan fingerprint density at radius 1 is 1.13 bits per heavy atom. The number of carbonyl (C=O) groups is 3. The van der Waals surface area contributed by atoms with Crippen LogP contribution in [-0.2, 0) is 9.59 Å². The number of aromatic nitrogens is 2. The molecular formula is C21H28F2N4O3. The van der Waals surface area contributed by atoms with Crippen LogP contribution < -0.4 is 5.32 Å². The molecule has 2 heterocycles. The number of benzene rings is 1. The van der Waals surface area contributed by atoms with Gasteiger partial charge in [-0.15, -0.1) is 0 Å². The van der Waals surface area contributed by atoms with Crippen LogP contribution in [0.3, 0.4) is 0 Å². The number of nitrogens with zero attached hydrogens (tertiary/aromatic N) is 2. The summed E-state index contributed by atoms with van der Waals surface area (Å²) >= 11 is 0. The minimum Gasteiger partial charge on any atom is -0.349 e. The molecule has 0 radical (unpaired) electrons. The molecule has 3 unspecified atom stereocenters. The third kappa shape index (κ3) is 7.14. The lowest BCUT2D eigenvalue weighted by Crippen LogP contribution is -2.39. The molecule has 1 aliphatic carbocycles. The number of hydrogen-bond acceptors (Lipinski definition) is 5. The molecule has 0 spiro atoms. The lowest BCUT2D eigenvalue weighted by molar-refractivity contribution is -0.0987. The molecule has 7 nitrogen and oxygen atoms in total. The second-order valence-corrected chi connectivity index (χ2v) is 7.20. The maximum absolute atomic E-state index is 13.1. The van der Waals surface area contributed by atoms with E-state index < -0.39 is 11.6 Å². The normalized spacial score (nSPS) is 21.7. The standard InChI is InChI=1S/C15H18F2N2O.C4H6N2.2CH2O/c1-19-7-9-2-3-14(13(9)8-19)18-15(20)10-4-11(16)6-12(17)5-10;1-4-2-5-3-6-4;2*1-2/h4-6,9,13-14H,2-3,7-8H2,1H3,(H,18,20);2-3H,1H3,(H,5,6);2*1H2. The van der Waals surface area contributed by atoms with Crippen LogP contribution in [0.4, 0.5) is 8.78 Å². The first kappa shape index (κ1) is 25.1. The first-order valence-electron chi connectivity index (χ1n) is 9.40. The molecule has 0 bridgehead atoms. The van der Waals surface area contributed by atoms with Gasteiger partial charge in [-0.3, -0.25) is 4.79 Å². The highest BCUT2D eigenvalue weighted by atomic mass is 19.1. The highest BCUT2D eigenvalue weighted by Crippen LogP contribution is 2.37. The SMILES string of the molecule is C=O.C=O.CN1CC2CCC(NC(=O)c3cc(F)cc(F)c3)C2C1.Cc1cnc[nH]1. The van der Waals surface area contributed by atoms with Crippen molar-refractivity contribution in [3.8, 4) is 0 Å². The van der Waals surface area contributed by atoms with Gasteiger partial charge in [0.1, 0.15) is 25.2 Å². The van der Waals surface area contributed by atoms with E-state index in [0.29, 0.717) is 11.8 Å². The molecule has 9 heteroatoms. The summed E-state index contributed by atoms with van der Waals surface area (Å²) in [7, 11) is 2.08. The smallest absolute Gasteiger partial charge is 0.251 e. The van der Waals surface area contributed by atoms with Crippen LogP contribution in [0, 0.1) is 30.4 Å². The van der Waals surface area contributed by atoms with Crippen LogP contribution in [0.5, 0.6) is 0 Å². The number of amides is 1. The number of halogens is 2. The maximum atomic E-state index is 13.1. The highest BCUT2D eigenvalue weighted by molar-refractivity contribution is 5.94. The van der Waals surface area contributed by atoms with E-state index in [0.717, 1.165) is 49.8 Å². The fourth-order valence-corrected chi connectivity index (χ4v) is 3.93. The zero-order chi connectivity index (χ0) is 22.7. The first-order valence-corrected chi connectivity index (χ1v) is 9.40. The predicted octanol–water partition coefficient (Wildman–Crippen LogP) is 2.38. The monoisotopic (exact) mass is 422 g/mol. The summed E-state index contributed by atoms with van der Waals surface area (Å²) < 4.78 is 26.3. The number of hydrogen-bond donors (Lipinski definition) is 2. The second-order valence-electron chi connectivity index (χ2n) is 7.20. The van der Waals surface area contributed by atoms with Gasteiger partial charge in [-0.1, -0.05) is 0 Å². The van der Waals surface area contributed by atoms with E-state index in [1.165, 1.54) is 0 Å². The van der Waals surface area contributed by atoms with Gasteiger partial charge in [0.2, 0.25) is 0 Å². The number of rotatable bonds is 2. The van der Waals surface area contributed by atoms with Crippen molar-refractivity contribution in [3.63, 3.8) is 0 Å². The van der Waals surface area contributed by atoms with Gasteiger partial charge in [0.05, 0.1) is 6.33 Å². The van der Waals surface area contributed by atoms with Crippen molar-refractivity contribution >= 4 is 19.5 Å². The van der Waals surface area contributed by atoms with Crippen LogP contribution in [0.25, 0.3) is 0 Å². The minimum atomic E-state index is -0.722. The van der Waals surface area contributed by atoms with Gasteiger partial charge in [-0.2, -0.15) is 0 Å². The van der Waals surface area contributed by atoms with E-state index in [4.69, 9.17) is 9.59 Å². The zero-order valence-electron chi connectivity index (χ0n) is 17.2. The quantitative estimate of drug-likeness (QED) is 0.775. The van der Waals surface area contributed by atoms with E-state index >= 15 is 0 Å². The summed E-state index contributed by atoms with van der Waals surface area (Å²) in [5.74, 6) is -0.736. The Labute approximate surface area is 174 Å². The van der Waals surface area contributed by atoms with Crippen molar-refractivity contribution in [1.82, 2.24) is 20.2 Å². The number of fused-ring (bicyclic) bond motifs is 1. The average molecular weight is 422 g/mol. The summed E-state index contributed by atoms with van der Waals surface area (Å²) in [5.41, 5.74) is 1.16. The number of aromatic amines is 1. The molecular weight excluding hydrogens is 394 g/mol. The van der Waals surface area contributed by atoms with Gasteiger partial charge in [-0.05, 0) is 50.8 Å². The van der Waals surface area contributed by atoms with Crippen molar-refractivity contribution in [3.05, 3.63) is 53.6 Å². The Morgan fingerprint density at radius 3 is 2.27 bits per heavy atom. The second kappa shape index (κ2) is 12.6. The van der Waals surface area contributed by atoms with Crippen molar-refractivity contribution in [1.29, 1.82) is 0 Å². The molecule has 30 heavy (non-hydrogen) atoms. The molecule has 1 saturated carbocycles. The van der Waals surface area contributed by atoms with E-state index in [1.807, 2.05) is 20.5 Å². The third-order valence-electron chi connectivity index (χ3n) is 5.12. The lowest BCUT2D eigenvalue weighted by Gasteiger charge is -2.20. The zero-order valence-corrected chi connectivity index (χ0v) is 17.2. The molecule has 1 saturated heterocycles. The van der Waals surface area contributed by atoms with Gasteiger partial charge in [0.15, 0.2) is 0 Å². The Bertz CT molecular complexity index is 766. The van der Waals surface area contributed by atoms with Crippen molar-refractivity contribution in [2.75, 3.05) is 20.1 Å². The van der Waals surface area contributed by atoms with Gasteiger partial charge in [-0.25, -0.2) is 13.8 Å².